The summed E-state index contributed by atoms with van der Waals surface area (Å²) in [6.07, 6.45) is 20.0. The summed E-state index contributed by atoms with van der Waals surface area (Å²) in [5.41, 5.74) is 2.31. The molecule has 0 heteroatoms. The molecule has 0 radical (unpaired) electrons. The molecule has 21 heavy (non-hydrogen) atoms. The van der Waals surface area contributed by atoms with Gasteiger partial charge in [0, 0.05) is 0 Å². The second-order valence-corrected chi connectivity index (χ2v) is 5.85. The van der Waals surface area contributed by atoms with Gasteiger partial charge in [-0.05, 0) is 50.9 Å². The van der Waals surface area contributed by atoms with Crippen LogP contribution in [-0.4, -0.2) is 0 Å². The molecule has 0 N–H and O–H groups in total. The van der Waals surface area contributed by atoms with E-state index in [9.17, 15) is 0 Å². The van der Waals surface area contributed by atoms with Gasteiger partial charge in [-0.2, -0.15) is 0 Å². The van der Waals surface area contributed by atoms with Crippen LogP contribution < -0.4 is 0 Å². The second-order valence-electron chi connectivity index (χ2n) is 5.85. The lowest BCUT2D eigenvalue weighted by Crippen LogP contribution is -2.12. The molecule has 0 aromatic heterocycles. The first-order valence-electron chi connectivity index (χ1n) is 9.01. The van der Waals surface area contributed by atoms with Crippen molar-refractivity contribution >= 4 is 0 Å². The maximum Gasteiger partial charge on any atom is -0.0268 e. The summed E-state index contributed by atoms with van der Waals surface area (Å²) in [5, 5.41) is 0. The molecule has 1 unspecified atom stereocenters. The Balaban J connectivity index is -0.000000343. The summed E-state index contributed by atoms with van der Waals surface area (Å²) in [4.78, 5) is 0. The number of rotatable bonds is 6. The molecule has 0 aliphatic heterocycles. The van der Waals surface area contributed by atoms with Crippen LogP contribution in [-0.2, 0) is 0 Å². The quantitative estimate of drug-likeness (QED) is 0.349. The van der Waals surface area contributed by atoms with Crippen LogP contribution >= 0.6 is 0 Å². The van der Waals surface area contributed by atoms with Gasteiger partial charge in [-0.15, -0.1) is 12.8 Å². The summed E-state index contributed by atoms with van der Waals surface area (Å²) in [5.74, 6) is 0.906. The van der Waals surface area contributed by atoms with E-state index in [4.69, 9.17) is 0 Å². The maximum atomic E-state index is 4.00. The van der Waals surface area contributed by atoms with Gasteiger partial charge < -0.3 is 0 Å². The molecule has 0 spiro atoms. The Bertz CT molecular complexity index is 238. The molecule has 1 aliphatic carbocycles. The smallest absolute Gasteiger partial charge is 0.0268 e. The Morgan fingerprint density at radius 2 is 1.48 bits per heavy atom. The molecular weight excluding hydrogens is 252 g/mol. The average Bonchev–Trinajstić information content (AvgIpc) is 3.32. The van der Waals surface area contributed by atoms with Crippen LogP contribution in [0, 0.1) is 24.2 Å². The van der Waals surface area contributed by atoms with Crippen molar-refractivity contribution in [3.63, 3.8) is 0 Å². The largest absolute Gasteiger partial charge is 0.124 e. The molecule has 0 saturated heterocycles. The highest BCUT2D eigenvalue weighted by Crippen LogP contribution is 2.56. The van der Waals surface area contributed by atoms with Crippen LogP contribution in [0.5, 0.6) is 0 Å². The normalized spacial score (nSPS) is 16.0. The minimum absolute atomic E-state index is 0.749. The first kappa shape index (κ1) is 25.3. The van der Waals surface area contributed by atoms with Crippen LogP contribution in [0.2, 0.25) is 0 Å². The molecule has 1 saturated carbocycles. The first-order chi connectivity index (χ1) is 10.1. The zero-order valence-corrected chi connectivity index (χ0v) is 16.3. The van der Waals surface area contributed by atoms with Crippen molar-refractivity contribution in [1.82, 2.24) is 0 Å². The van der Waals surface area contributed by atoms with E-state index < -0.39 is 0 Å². The Morgan fingerprint density at radius 1 is 1.05 bits per heavy atom. The van der Waals surface area contributed by atoms with E-state index in [-0.39, 0.29) is 0 Å². The van der Waals surface area contributed by atoms with Crippen LogP contribution in [0.1, 0.15) is 100 Å². The number of unbranched alkanes of at least 4 members (excludes halogenated alkanes) is 1. The van der Waals surface area contributed by atoms with Crippen molar-refractivity contribution in [2.45, 2.75) is 100 Å². The highest BCUT2D eigenvalue weighted by molar-refractivity contribution is 5.04. The highest BCUT2D eigenvalue weighted by atomic mass is 14.5. The lowest BCUT2D eigenvalue weighted by molar-refractivity contribution is 0.304. The fraction of sp³-hybridized carbons (Fsp3) is 0.810. The molecule has 1 atom stereocenters. The Morgan fingerprint density at radius 3 is 1.71 bits per heavy atom. The van der Waals surface area contributed by atoms with Crippen molar-refractivity contribution in [1.29, 1.82) is 0 Å². The van der Waals surface area contributed by atoms with Gasteiger partial charge in [-0.1, -0.05) is 72.5 Å². The fourth-order valence-corrected chi connectivity index (χ4v) is 2.46. The highest BCUT2D eigenvalue weighted by Gasteiger charge is 2.45. The molecular formula is C21H42. The van der Waals surface area contributed by atoms with Gasteiger partial charge in [0.1, 0.15) is 0 Å². The molecule has 126 valence electrons. The van der Waals surface area contributed by atoms with Crippen molar-refractivity contribution < 1.29 is 0 Å². The number of hydrogen-bond acceptors (Lipinski definition) is 0. The average molecular weight is 295 g/mol. The number of allylic oxidation sites excluding steroid dienone is 2. The van der Waals surface area contributed by atoms with E-state index in [1.165, 1.54) is 44.9 Å². The van der Waals surface area contributed by atoms with Crippen molar-refractivity contribution in [3.8, 4) is 12.8 Å². The Hall–Kier alpha value is -0.700. The van der Waals surface area contributed by atoms with Crippen molar-refractivity contribution in [2.75, 3.05) is 0 Å². The molecule has 0 aromatic rings. The van der Waals surface area contributed by atoms with E-state index in [2.05, 4.69) is 60.5 Å². The summed E-state index contributed by atoms with van der Waals surface area (Å²) in [6.45, 7) is 17.5. The van der Waals surface area contributed by atoms with E-state index in [1.807, 2.05) is 13.8 Å². The maximum absolute atomic E-state index is 4.00. The molecule has 0 bridgehead atoms. The molecule has 0 amide bonds. The third-order valence-corrected chi connectivity index (χ3v) is 4.31. The third-order valence-electron chi connectivity index (χ3n) is 4.31. The molecule has 0 aromatic carbocycles. The van der Waals surface area contributed by atoms with Gasteiger partial charge in [0.15, 0.2) is 0 Å². The minimum Gasteiger partial charge on any atom is -0.124 e. The van der Waals surface area contributed by atoms with Gasteiger partial charge in [0.05, 0.1) is 0 Å². The lowest BCUT2D eigenvalue weighted by Gasteiger charge is -2.23. The monoisotopic (exact) mass is 294 g/mol. The SMILES string of the molecule is C#C.C/C=C(\C)CC(C)C1(CCC)CC1.CC.CCCC. The predicted octanol–water partition coefficient (Wildman–Crippen LogP) is 7.64. The van der Waals surface area contributed by atoms with Gasteiger partial charge in [0.2, 0.25) is 0 Å². The van der Waals surface area contributed by atoms with E-state index >= 15 is 0 Å². The van der Waals surface area contributed by atoms with Crippen LogP contribution in [0.3, 0.4) is 0 Å². The summed E-state index contributed by atoms with van der Waals surface area (Å²) < 4.78 is 0. The van der Waals surface area contributed by atoms with Crippen LogP contribution in [0.4, 0.5) is 0 Å². The predicted molar refractivity (Wildman–Crippen MR) is 102 cm³/mol. The molecule has 1 rings (SSSR count). The Labute approximate surface area is 136 Å². The number of terminal acetylenes is 1. The standard InChI is InChI=1S/C13H24.C4H10.C2H6.C2H2/c1-5-7-13(8-9-13)12(4)10-11(3)6-2;1-3-4-2;2*1-2/h6,12H,5,7-10H2,1-4H3;3-4H2,1-2H3;1-2H3;1-2H/b11-6+;;;. The van der Waals surface area contributed by atoms with Gasteiger partial charge in [0.25, 0.3) is 0 Å². The molecule has 0 heterocycles. The van der Waals surface area contributed by atoms with Crippen molar-refractivity contribution in [2.24, 2.45) is 11.3 Å². The van der Waals surface area contributed by atoms with E-state index in [0.29, 0.717) is 0 Å². The van der Waals surface area contributed by atoms with Crippen LogP contribution in [0.25, 0.3) is 0 Å². The topological polar surface area (TPSA) is 0 Å². The number of hydrogen-bond donors (Lipinski definition) is 0. The fourth-order valence-electron chi connectivity index (χ4n) is 2.46. The van der Waals surface area contributed by atoms with E-state index in [1.54, 1.807) is 5.57 Å². The third kappa shape index (κ3) is 12.7. The van der Waals surface area contributed by atoms with Crippen LogP contribution in [0.15, 0.2) is 11.6 Å². The van der Waals surface area contributed by atoms with Gasteiger partial charge in [-0.3, -0.25) is 0 Å². The Kier molecular flexibility index (Phi) is 20.9. The molecule has 0 nitrogen and oxygen atoms in total. The minimum atomic E-state index is 0.749. The summed E-state index contributed by atoms with van der Waals surface area (Å²) in [7, 11) is 0. The summed E-state index contributed by atoms with van der Waals surface area (Å²) >= 11 is 0. The first-order valence-corrected chi connectivity index (χ1v) is 9.01. The lowest BCUT2D eigenvalue weighted by atomic mass is 9.82. The molecule has 1 fully saturated rings. The van der Waals surface area contributed by atoms with Crippen molar-refractivity contribution in [3.05, 3.63) is 11.6 Å². The zero-order chi connectivity index (χ0) is 17.3. The van der Waals surface area contributed by atoms with E-state index in [0.717, 1.165) is 11.3 Å². The van der Waals surface area contributed by atoms with Gasteiger partial charge >= 0.3 is 0 Å². The van der Waals surface area contributed by atoms with Gasteiger partial charge in [-0.25, -0.2) is 0 Å². The molecule has 1 aliphatic rings. The second kappa shape index (κ2) is 17.4. The zero-order valence-electron chi connectivity index (χ0n) is 16.3. The summed E-state index contributed by atoms with van der Waals surface area (Å²) in [6, 6.07) is 0.